The van der Waals surface area contributed by atoms with Crippen molar-refractivity contribution in [1.29, 1.82) is 0 Å². The fourth-order valence-corrected chi connectivity index (χ4v) is 2.28. The Kier molecular flexibility index (Phi) is 2.07. The van der Waals surface area contributed by atoms with Crippen molar-refractivity contribution in [2.75, 3.05) is 13.2 Å². The van der Waals surface area contributed by atoms with E-state index in [1.807, 2.05) is 6.26 Å². The van der Waals surface area contributed by atoms with Gasteiger partial charge in [-0.05, 0) is 18.9 Å². The Hall–Kier alpha value is -0.800. The van der Waals surface area contributed by atoms with E-state index in [0.717, 1.165) is 19.6 Å². The molecule has 1 saturated heterocycles. The predicted molar refractivity (Wildman–Crippen MR) is 52.1 cm³/mol. The normalized spacial score (nSPS) is 27.0. The minimum atomic E-state index is 0.492. The van der Waals surface area contributed by atoms with Crippen LogP contribution in [0.2, 0.25) is 0 Å². The van der Waals surface area contributed by atoms with E-state index in [9.17, 15) is 0 Å². The van der Waals surface area contributed by atoms with Gasteiger partial charge in [-0.2, -0.15) is 0 Å². The van der Waals surface area contributed by atoms with E-state index in [2.05, 4.69) is 11.4 Å². The lowest BCUT2D eigenvalue weighted by atomic mass is 9.93. The van der Waals surface area contributed by atoms with Crippen molar-refractivity contribution in [3.63, 3.8) is 0 Å². The summed E-state index contributed by atoms with van der Waals surface area (Å²) in [5.74, 6) is 1.17. The van der Waals surface area contributed by atoms with Crippen LogP contribution < -0.4 is 5.32 Å². The van der Waals surface area contributed by atoms with E-state index in [4.69, 9.17) is 9.15 Å². The van der Waals surface area contributed by atoms with E-state index in [-0.39, 0.29) is 0 Å². The first kappa shape index (κ1) is 8.50. The minimum absolute atomic E-state index is 0.492. The summed E-state index contributed by atoms with van der Waals surface area (Å²) in [6.45, 7) is 1.73. The molecule has 1 fully saturated rings. The molecule has 0 amide bonds. The van der Waals surface area contributed by atoms with Crippen LogP contribution in [-0.4, -0.2) is 19.3 Å². The van der Waals surface area contributed by atoms with E-state index < -0.39 is 0 Å². The fraction of sp³-hybridized carbons (Fsp3) is 0.636. The molecule has 1 aromatic rings. The van der Waals surface area contributed by atoms with Crippen LogP contribution >= 0.6 is 0 Å². The SMILES string of the molecule is c1cc2c(o1)CCCC2NC1COC1. The highest BCUT2D eigenvalue weighted by atomic mass is 16.5. The number of fused-ring (bicyclic) bond motifs is 1. The Bertz CT molecular complexity index is 317. The Balaban J connectivity index is 1.74. The van der Waals surface area contributed by atoms with Crippen LogP contribution in [0.25, 0.3) is 0 Å². The summed E-state index contributed by atoms with van der Waals surface area (Å²) in [6.07, 6.45) is 5.36. The Morgan fingerprint density at radius 2 is 2.29 bits per heavy atom. The molecule has 2 aliphatic rings. The lowest BCUT2D eigenvalue weighted by molar-refractivity contribution is -0.0111. The first-order valence-corrected chi connectivity index (χ1v) is 5.33. The standard InChI is InChI=1S/C11H15NO2/c1-2-10(12-8-6-13-7-8)9-4-5-14-11(9)3-1/h4-5,8,10,12H,1-3,6-7H2. The molecule has 1 N–H and O–H groups in total. The van der Waals surface area contributed by atoms with Gasteiger partial charge in [0.1, 0.15) is 5.76 Å². The maximum absolute atomic E-state index is 5.45. The van der Waals surface area contributed by atoms with Crippen LogP contribution in [0.15, 0.2) is 16.7 Å². The Morgan fingerprint density at radius 1 is 1.36 bits per heavy atom. The van der Waals surface area contributed by atoms with Gasteiger partial charge in [-0.15, -0.1) is 0 Å². The van der Waals surface area contributed by atoms with Gasteiger partial charge in [-0.1, -0.05) is 0 Å². The van der Waals surface area contributed by atoms with Gasteiger partial charge in [-0.25, -0.2) is 0 Å². The zero-order chi connectivity index (χ0) is 9.38. The van der Waals surface area contributed by atoms with Crippen molar-refractivity contribution in [3.05, 3.63) is 23.7 Å². The van der Waals surface area contributed by atoms with E-state index >= 15 is 0 Å². The molecule has 1 aromatic heterocycles. The third-order valence-electron chi connectivity index (χ3n) is 3.13. The van der Waals surface area contributed by atoms with Crippen molar-refractivity contribution < 1.29 is 9.15 Å². The molecule has 1 atom stereocenters. The molecule has 76 valence electrons. The molecule has 14 heavy (non-hydrogen) atoms. The Morgan fingerprint density at radius 3 is 3.07 bits per heavy atom. The summed E-state index contributed by atoms with van der Waals surface area (Å²) in [7, 11) is 0. The molecule has 2 heterocycles. The van der Waals surface area contributed by atoms with Crippen molar-refractivity contribution in [1.82, 2.24) is 5.32 Å². The molecular formula is C11H15NO2. The second-order valence-corrected chi connectivity index (χ2v) is 4.14. The van der Waals surface area contributed by atoms with Crippen LogP contribution in [0, 0.1) is 0 Å². The number of nitrogens with one attached hydrogen (secondary N) is 1. The minimum Gasteiger partial charge on any atom is -0.469 e. The van der Waals surface area contributed by atoms with Gasteiger partial charge in [-0.3, -0.25) is 0 Å². The van der Waals surface area contributed by atoms with Gasteiger partial charge in [0, 0.05) is 18.0 Å². The van der Waals surface area contributed by atoms with Crippen LogP contribution in [-0.2, 0) is 11.2 Å². The van der Waals surface area contributed by atoms with E-state index in [1.165, 1.54) is 24.2 Å². The molecule has 0 aromatic carbocycles. The monoisotopic (exact) mass is 193 g/mol. The molecular weight excluding hydrogens is 178 g/mol. The summed E-state index contributed by atoms with van der Waals surface area (Å²) in [5, 5.41) is 3.61. The number of hydrogen-bond acceptors (Lipinski definition) is 3. The maximum Gasteiger partial charge on any atom is 0.108 e. The lowest BCUT2D eigenvalue weighted by Gasteiger charge is -2.33. The second kappa shape index (κ2) is 3.41. The van der Waals surface area contributed by atoms with Gasteiger partial charge in [0.05, 0.1) is 25.5 Å². The van der Waals surface area contributed by atoms with Gasteiger partial charge in [0.15, 0.2) is 0 Å². The zero-order valence-electron chi connectivity index (χ0n) is 8.16. The number of ether oxygens (including phenoxy) is 1. The van der Waals surface area contributed by atoms with Gasteiger partial charge < -0.3 is 14.5 Å². The third kappa shape index (κ3) is 1.37. The molecule has 1 unspecified atom stereocenters. The molecule has 1 aliphatic carbocycles. The number of furan rings is 1. The highest BCUT2D eigenvalue weighted by molar-refractivity contribution is 5.24. The molecule has 0 radical (unpaired) electrons. The highest BCUT2D eigenvalue weighted by Gasteiger charge is 2.27. The number of aryl methyl sites for hydroxylation is 1. The summed E-state index contributed by atoms with van der Waals surface area (Å²) >= 11 is 0. The number of rotatable bonds is 2. The van der Waals surface area contributed by atoms with Crippen molar-refractivity contribution in [2.24, 2.45) is 0 Å². The van der Waals surface area contributed by atoms with E-state index in [0.29, 0.717) is 12.1 Å². The summed E-state index contributed by atoms with van der Waals surface area (Å²) in [6, 6.07) is 3.15. The average molecular weight is 193 g/mol. The summed E-state index contributed by atoms with van der Waals surface area (Å²) in [4.78, 5) is 0. The Labute approximate surface area is 83.4 Å². The van der Waals surface area contributed by atoms with Crippen molar-refractivity contribution in [2.45, 2.75) is 31.3 Å². The predicted octanol–water partition coefficient (Wildman–Crippen LogP) is 1.65. The maximum atomic E-state index is 5.45. The smallest absolute Gasteiger partial charge is 0.108 e. The molecule has 0 bridgehead atoms. The van der Waals surface area contributed by atoms with E-state index in [1.54, 1.807) is 0 Å². The van der Waals surface area contributed by atoms with Gasteiger partial charge >= 0.3 is 0 Å². The van der Waals surface area contributed by atoms with Gasteiger partial charge in [0.2, 0.25) is 0 Å². The van der Waals surface area contributed by atoms with Crippen molar-refractivity contribution in [3.8, 4) is 0 Å². The summed E-state index contributed by atoms with van der Waals surface area (Å²) < 4.78 is 10.6. The molecule has 3 rings (SSSR count). The second-order valence-electron chi connectivity index (χ2n) is 4.14. The third-order valence-corrected chi connectivity index (χ3v) is 3.13. The molecule has 3 nitrogen and oxygen atoms in total. The zero-order valence-corrected chi connectivity index (χ0v) is 8.16. The quantitative estimate of drug-likeness (QED) is 0.775. The van der Waals surface area contributed by atoms with Crippen molar-refractivity contribution >= 4 is 0 Å². The van der Waals surface area contributed by atoms with Crippen LogP contribution in [0.3, 0.4) is 0 Å². The van der Waals surface area contributed by atoms with Crippen LogP contribution in [0.4, 0.5) is 0 Å². The van der Waals surface area contributed by atoms with Crippen LogP contribution in [0.1, 0.15) is 30.2 Å². The molecule has 0 spiro atoms. The van der Waals surface area contributed by atoms with Gasteiger partial charge in [0.25, 0.3) is 0 Å². The summed E-state index contributed by atoms with van der Waals surface area (Å²) in [5.41, 5.74) is 1.36. The first-order valence-electron chi connectivity index (χ1n) is 5.33. The molecule has 0 saturated carbocycles. The van der Waals surface area contributed by atoms with Crippen LogP contribution in [0.5, 0.6) is 0 Å². The lowest BCUT2D eigenvalue weighted by Crippen LogP contribution is -2.47. The molecule has 1 aliphatic heterocycles. The fourth-order valence-electron chi connectivity index (χ4n) is 2.28. The first-order chi connectivity index (χ1) is 6.93. The average Bonchev–Trinajstić information content (AvgIpc) is 2.59. The largest absolute Gasteiger partial charge is 0.469 e. The molecule has 3 heteroatoms. The number of hydrogen-bond donors (Lipinski definition) is 1. The topological polar surface area (TPSA) is 34.4 Å². The highest BCUT2D eigenvalue weighted by Crippen LogP contribution is 2.31.